The van der Waals surface area contributed by atoms with E-state index in [2.05, 4.69) is 10.3 Å². The summed E-state index contributed by atoms with van der Waals surface area (Å²) in [5, 5.41) is 2.66. The molecule has 4 rings (SSSR count). The van der Waals surface area contributed by atoms with Crippen LogP contribution in [-0.2, 0) is 11.3 Å². The highest BCUT2D eigenvalue weighted by atomic mass is 16.2. The molecule has 0 unspecified atom stereocenters. The molecular formula is C19H19N3O2. The maximum Gasteiger partial charge on any atom is 0.256 e. The lowest BCUT2D eigenvalue weighted by atomic mass is 10.0. The zero-order chi connectivity index (χ0) is 16.7. The lowest BCUT2D eigenvalue weighted by molar-refractivity contribution is -0.105. The molecule has 24 heavy (non-hydrogen) atoms. The van der Waals surface area contributed by atoms with Crippen molar-refractivity contribution in [1.29, 1.82) is 0 Å². The second kappa shape index (κ2) is 5.74. The van der Waals surface area contributed by atoms with Crippen molar-refractivity contribution in [2.75, 3.05) is 11.9 Å². The summed E-state index contributed by atoms with van der Waals surface area (Å²) in [6.07, 6.45) is 3.13. The third kappa shape index (κ3) is 2.66. The Bertz CT molecular complexity index is 827. The normalized spacial score (nSPS) is 16.2. The molecule has 0 radical (unpaired) electrons. The van der Waals surface area contributed by atoms with E-state index >= 15 is 0 Å². The summed E-state index contributed by atoms with van der Waals surface area (Å²) in [5.74, 6) is 0.798. The van der Waals surface area contributed by atoms with Gasteiger partial charge in [0.2, 0.25) is 6.41 Å². The number of fused-ring (bicyclic) bond motifs is 1. The van der Waals surface area contributed by atoms with Gasteiger partial charge in [-0.15, -0.1) is 0 Å². The maximum absolute atomic E-state index is 12.6. The van der Waals surface area contributed by atoms with Crippen LogP contribution in [0.3, 0.4) is 0 Å². The molecule has 1 aromatic carbocycles. The maximum atomic E-state index is 12.6. The molecule has 1 aromatic heterocycles. The topological polar surface area (TPSA) is 62.3 Å². The molecule has 5 heteroatoms. The van der Waals surface area contributed by atoms with Gasteiger partial charge in [-0.25, -0.2) is 0 Å². The fourth-order valence-electron chi connectivity index (χ4n) is 3.33. The van der Waals surface area contributed by atoms with Crippen molar-refractivity contribution < 1.29 is 9.59 Å². The van der Waals surface area contributed by atoms with Crippen LogP contribution < -0.4 is 5.32 Å². The van der Waals surface area contributed by atoms with Gasteiger partial charge in [-0.1, -0.05) is 12.1 Å². The SMILES string of the molecule is Cc1nc(-c2cccc(NC=O)c2)cc2c1C(=O)N(CC1CC1)C2. The van der Waals surface area contributed by atoms with Gasteiger partial charge in [0.05, 0.1) is 17.0 Å². The van der Waals surface area contributed by atoms with E-state index in [0.29, 0.717) is 18.9 Å². The third-order valence-corrected chi connectivity index (χ3v) is 4.70. The van der Waals surface area contributed by atoms with Gasteiger partial charge < -0.3 is 10.2 Å². The predicted octanol–water partition coefficient (Wildman–Crippen LogP) is 2.99. The first kappa shape index (κ1) is 14.9. The standard InChI is InChI=1S/C19H19N3O2/c1-12-18-15(10-22(19(18)24)9-13-5-6-13)8-17(21-12)14-3-2-4-16(7-14)20-11-23/h2-4,7-8,11,13H,5-6,9-10H2,1H3,(H,20,23). The Kier molecular flexibility index (Phi) is 3.56. The average molecular weight is 321 g/mol. The van der Waals surface area contributed by atoms with E-state index in [1.807, 2.05) is 42.2 Å². The summed E-state index contributed by atoms with van der Waals surface area (Å²) in [6.45, 7) is 3.43. The highest BCUT2D eigenvalue weighted by Crippen LogP contribution is 2.35. The largest absolute Gasteiger partial charge is 0.334 e. The summed E-state index contributed by atoms with van der Waals surface area (Å²) >= 11 is 0. The third-order valence-electron chi connectivity index (χ3n) is 4.70. The highest BCUT2D eigenvalue weighted by molar-refractivity contribution is 5.99. The minimum Gasteiger partial charge on any atom is -0.334 e. The molecule has 122 valence electrons. The Morgan fingerprint density at radius 1 is 1.33 bits per heavy atom. The highest BCUT2D eigenvalue weighted by Gasteiger charge is 2.34. The summed E-state index contributed by atoms with van der Waals surface area (Å²) in [7, 11) is 0. The van der Waals surface area contributed by atoms with Crippen LogP contribution in [0.25, 0.3) is 11.3 Å². The minimum atomic E-state index is 0.116. The van der Waals surface area contributed by atoms with Crippen molar-refractivity contribution in [3.8, 4) is 11.3 Å². The Labute approximate surface area is 140 Å². The van der Waals surface area contributed by atoms with Crippen LogP contribution in [0.2, 0.25) is 0 Å². The molecule has 2 aliphatic rings. The van der Waals surface area contributed by atoms with Crippen LogP contribution in [0.1, 0.15) is 34.5 Å². The van der Waals surface area contributed by atoms with Gasteiger partial charge in [-0.05, 0) is 49.4 Å². The molecule has 1 fully saturated rings. The van der Waals surface area contributed by atoms with Gasteiger partial charge in [0.25, 0.3) is 5.91 Å². The number of nitrogens with zero attached hydrogens (tertiary/aromatic N) is 2. The van der Waals surface area contributed by atoms with Gasteiger partial charge in [0.15, 0.2) is 0 Å². The molecule has 0 spiro atoms. The van der Waals surface area contributed by atoms with Crippen molar-refractivity contribution >= 4 is 18.0 Å². The van der Waals surface area contributed by atoms with Gasteiger partial charge >= 0.3 is 0 Å². The Morgan fingerprint density at radius 3 is 2.92 bits per heavy atom. The second-order valence-electron chi connectivity index (χ2n) is 6.60. The average Bonchev–Trinajstić information content (AvgIpc) is 3.32. The first-order valence-electron chi connectivity index (χ1n) is 8.26. The molecule has 1 aliphatic heterocycles. The van der Waals surface area contributed by atoms with Crippen LogP contribution in [-0.4, -0.2) is 28.7 Å². The van der Waals surface area contributed by atoms with Crippen molar-refractivity contribution in [3.63, 3.8) is 0 Å². The lowest BCUT2D eigenvalue weighted by Crippen LogP contribution is -2.26. The van der Waals surface area contributed by atoms with Crippen LogP contribution in [0.4, 0.5) is 5.69 Å². The van der Waals surface area contributed by atoms with E-state index in [1.54, 1.807) is 0 Å². The zero-order valence-electron chi connectivity index (χ0n) is 13.6. The number of amides is 2. The fourth-order valence-corrected chi connectivity index (χ4v) is 3.33. The van der Waals surface area contributed by atoms with Gasteiger partial charge in [-0.2, -0.15) is 0 Å². The lowest BCUT2D eigenvalue weighted by Gasteiger charge is -2.14. The number of carbonyl (C=O) groups excluding carboxylic acids is 2. The first-order valence-corrected chi connectivity index (χ1v) is 8.26. The minimum absolute atomic E-state index is 0.116. The van der Waals surface area contributed by atoms with Gasteiger partial charge in [0.1, 0.15) is 0 Å². The fraction of sp³-hybridized carbons (Fsp3) is 0.316. The van der Waals surface area contributed by atoms with Crippen LogP contribution in [0, 0.1) is 12.8 Å². The van der Waals surface area contributed by atoms with Crippen molar-refractivity contribution in [2.45, 2.75) is 26.3 Å². The molecule has 1 aliphatic carbocycles. The summed E-state index contributed by atoms with van der Waals surface area (Å²) in [5.41, 5.74) is 5.09. The molecular weight excluding hydrogens is 302 g/mol. The second-order valence-corrected chi connectivity index (χ2v) is 6.60. The summed E-state index contributed by atoms with van der Waals surface area (Å²) in [4.78, 5) is 29.8. The Morgan fingerprint density at radius 2 is 2.17 bits per heavy atom. The van der Waals surface area contributed by atoms with Gasteiger partial charge in [-0.3, -0.25) is 14.6 Å². The van der Waals surface area contributed by atoms with E-state index in [0.717, 1.165) is 40.3 Å². The molecule has 1 N–H and O–H groups in total. The molecule has 2 amide bonds. The van der Waals surface area contributed by atoms with Crippen molar-refractivity contribution in [2.24, 2.45) is 5.92 Å². The summed E-state index contributed by atoms with van der Waals surface area (Å²) in [6, 6.07) is 9.58. The molecule has 0 atom stereocenters. The number of aromatic nitrogens is 1. The van der Waals surface area contributed by atoms with E-state index in [9.17, 15) is 9.59 Å². The van der Waals surface area contributed by atoms with Crippen molar-refractivity contribution in [1.82, 2.24) is 9.88 Å². The molecule has 2 aromatic rings. The van der Waals surface area contributed by atoms with Crippen LogP contribution in [0.5, 0.6) is 0 Å². The molecule has 0 bridgehead atoms. The quantitative estimate of drug-likeness (QED) is 0.861. The monoisotopic (exact) mass is 321 g/mol. The summed E-state index contributed by atoms with van der Waals surface area (Å²) < 4.78 is 0. The van der Waals surface area contributed by atoms with E-state index in [1.165, 1.54) is 12.8 Å². The van der Waals surface area contributed by atoms with E-state index in [4.69, 9.17) is 0 Å². The van der Waals surface area contributed by atoms with E-state index in [-0.39, 0.29) is 5.91 Å². The molecule has 1 saturated carbocycles. The van der Waals surface area contributed by atoms with Gasteiger partial charge in [0, 0.05) is 24.3 Å². The number of nitrogens with one attached hydrogen (secondary N) is 1. The first-order chi connectivity index (χ1) is 11.7. The number of aryl methyl sites for hydroxylation is 1. The van der Waals surface area contributed by atoms with E-state index < -0.39 is 0 Å². The molecule has 5 nitrogen and oxygen atoms in total. The number of carbonyl (C=O) groups is 2. The Balaban J connectivity index is 1.68. The predicted molar refractivity (Wildman–Crippen MR) is 91.6 cm³/mol. The number of hydrogen-bond acceptors (Lipinski definition) is 3. The smallest absolute Gasteiger partial charge is 0.256 e. The van der Waals surface area contributed by atoms with Crippen molar-refractivity contribution in [3.05, 3.63) is 47.2 Å². The Hall–Kier alpha value is -2.69. The number of benzene rings is 1. The van der Waals surface area contributed by atoms with Crippen LogP contribution >= 0.6 is 0 Å². The van der Waals surface area contributed by atoms with Crippen LogP contribution in [0.15, 0.2) is 30.3 Å². The molecule has 0 saturated heterocycles. The number of rotatable bonds is 5. The number of pyridine rings is 1. The number of hydrogen-bond donors (Lipinski definition) is 1. The zero-order valence-corrected chi connectivity index (χ0v) is 13.6. The molecule has 2 heterocycles. The number of anilines is 1.